The van der Waals surface area contributed by atoms with Crippen LogP contribution in [0.2, 0.25) is 0 Å². The second-order valence-electron chi connectivity index (χ2n) is 7.84. The van der Waals surface area contributed by atoms with Gasteiger partial charge in [0, 0.05) is 24.1 Å². The van der Waals surface area contributed by atoms with Crippen LogP contribution in [0.4, 0.5) is 0 Å². The highest BCUT2D eigenvalue weighted by Crippen LogP contribution is 2.55. The topological polar surface area (TPSA) is 49.3 Å². The third kappa shape index (κ3) is 3.41. The molecule has 0 amide bonds. The standard InChI is InChI=1S/C19H25NO2.ClH/c21-17-3-1-16(2-4-17)18(22)5-6-20-19-10-13-7-14(11-19)9-15(8-13)12-19;/h1-4,13-15,20-21H,5-12H2;1H. The summed E-state index contributed by atoms with van der Waals surface area (Å²) < 4.78 is 0. The summed E-state index contributed by atoms with van der Waals surface area (Å²) >= 11 is 0. The Bertz CT molecular complexity index is 534. The van der Waals surface area contributed by atoms with Crippen molar-refractivity contribution in [2.24, 2.45) is 17.8 Å². The minimum absolute atomic E-state index is 0. The van der Waals surface area contributed by atoms with Gasteiger partial charge in [-0.25, -0.2) is 0 Å². The normalized spacial score (nSPS) is 34.2. The Morgan fingerprint density at radius 3 is 2.09 bits per heavy atom. The van der Waals surface area contributed by atoms with E-state index in [1.165, 1.54) is 38.5 Å². The van der Waals surface area contributed by atoms with E-state index in [1.807, 2.05) is 0 Å². The number of carbonyl (C=O) groups excluding carboxylic acids is 1. The van der Waals surface area contributed by atoms with Crippen molar-refractivity contribution >= 4 is 18.2 Å². The van der Waals surface area contributed by atoms with Crippen molar-refractivity contribution in [2.45, 2.75) is 50.5 Å². The summed E-state index contributed by atoms with van der Waals surface area (Å²) in [5, 5.41) is 13.1. The smallest absolute Gasteiger partial charge is 0.164 e. The third-order valence-corrected chi connectivity index (χ3v) is 6.08. The maximum Gasteiger partial charge on any atom is 0.164 e. The number of halogens is 1. The zero-order valence-corrected chi connectivity index (χ0v) is 14.3. The van der Waals surface area contributed by atoms with Crippen molar-refractivity contribution in [3.05, 3.63) is 29.8 Å². The van der Waals surface area contributed by atoms with Gasteiger partial charge >= 0.3 is 0 Å². The first-order valence-corrected chi connectivity index (χ1v) is 8.69. The largest absolute Gasteiger partial charge is 0.508 e. The molecule has 3 nitrogen and oxygen atoms in total. The first-order valence-electron chi connectivity index (χ1n) is 8.69. The van der Waals surface area contributed by atoms with E-state index in [9.17, 15) is 9.90 Å². The molecule has 1 aromatic rings. The molecule has 0 heterocycles. The number of hydrogen-bond donors (Lipinski definition) is 2. The molecule has 23 heavy (non-hydrogen) atoms. The molecule has 0 aliphatic heterocycles. The van der Waals surface area contributed by atoms with Crippen molar-refractivity contribution in [3.8, 4) is 5.75 Å². The van der Waals surface area contributed by atoms with Gasteiger partial charge in [-0.3, -0.25) is 4.79 Å². The van der Waals surface area contributed by atoms with Crippen LogP contribution in [0.3, 0.4) is 0 Å². The molecule has 0 radical (unpaired) electrons. The highest BCUT2D eigenvalue weighted by atomic mass is 35.5. The van der Waals surface area contributed by atoms with E-state index < -0.39 is 0 Å². The first kappa shape index (κ1) is 16.8. The summed E-state index contributed by atoms with van der Waals surface area (Å²) in [6.07, 6.45) is 8.88. The Morgan fingerprint density at radius 1 is 1.04 bits per heavy atom. The molecule has 4 heteroatoms. The average Bonchev–Trinajstić information content (AvgIpc) is 2.46. The van der Waals surface area contributed by atoms with Gasteiger partial charge in [0.05, 0.1) is 0 Å². The van der Waals surface area contributed by atoms with Crippen LogP contribution in [0.15, 0.2) is 24.3 Å². The van der Waals surface area contributed by atoms with E-state index in [4.69, 9.17) is 0 Å². The lowest BCUT2D eigenvalue weighted by Crippen LogP contribution is -2.58. The van der Waals surface area contributed by atoms with E-state index in [0.29, 0.717) is 17.5 Å². The van der Waals surface area contributed by atoms with Gasteiger partial charge in [-0.1, -0.05) is 0 Å². The molecule has 0 atom stereocenters. The minimum atomic E-state index is 0. The molecule has 0 spiro atoms. The molecule has 5 rings (SSSR count). The number of carbonyl (C=O) groups is 1. The maximum atomic E-state index is 12.2. The lowest BCUT2D eigenvalue weighted by molar-refractivity contribution is -0.0193. The molecule has 4 fully saturated rings. The minimum Gasteiger partial charge on any atom is -0.508 e. The fourth-order valence-electron chi connectivity index (χ4n) is 5.56. The average molecular weight is 336 g/mol. The number of nitrogens with one attached hydrogen (secondary N) is 1. The van der Waals surface area contributed by atoms with Crippen LogP contribution in [0, 0.1) is 17.8 Å². The summed E-state index contributed by atoms with van der Waals surface area (Å²) in [6.45, 7) is 0.784. The molecule has 4 bridgehead atoms. The zero-order chi connectivity index (χ0) is 15.2. The van der Waals surface area contributed by atoms with Crippen molar-refractivity contribution in [1.29, 1.82) is 0 Å². The van der Waals surface area contributed by atoms with Crippen molar-refractivity contribution in [3.63, 3.8) is 0 Å². The van der Waals surface area contributed by atoms with Crippen LogP contribution in [0.25, 0.3) is 0 Å². The Labute approximate surface area is 144 Å². The maximum absolute atomic E-state index is 12.2. The van der Waals surface area contributed by atoms with E-state index >= 15 is 0 Å². The summed E-state index contributed by atoms with van der Waals surface area (Å²) in [5.74, 6) is 3.19. The molecular formula is C19H26ClNO2. The van der Waals surface area contributed by atoms with Crippen molar-refractivity contribution in [1.82, 2.24) is 5.32 Å². The predicted molar refractivity (Wildman–Crippen MR) is 93.2 cm³/mol. The zero-order valence-electron chi connectivity index (χ0n) is 13.5. The van der Waals surface area contributed by atoms with Crippen LogP contribution in [-0.4, -0.2) is 23.0 Å². The molecule has 0 aromatic heterocycles. The van der Waals surface area contributed by atoms with Crippen molar-refractivity contribution in [2.75, 3.05) is 6.54 Å². The predicted octanol–water partition coefficient (Wildman–Crippen LogP) is 3.95. The number of Topliss-reactive ketones (excluding diaryl/α,β-unsaturated/α-hetero) is 1. The summed E-state index contributed by atoms with van der Waals surface area (Å²) in [6, 6.07) is 6.59. The van der Waals surface area contributed by atoms with Gasteiger partial charge in [-0.05, 0) is 80.5 Å². The number of phenols is 1. The molecule has 2 N–H and O–H groups in total. The number of benzene rings is 1. The number of rotatable bonds is 5. The number of hydrogen-bond acceptors (Lipinski definition) is 3. The van der Waals surface area contributed by atoms with Gasteiger partial charge in [0.2, 0.25) is 0 Å². The van der Waals surface area contributed by atoms with Crippen LogP contribution in [0.1, 0.15) is 55.3 Å². The van der Waals surface area contributed by atoms with E-state index in [0.717, 1.165) is 24.3 Å². The van der Waals surface area contributed by atoms with Gasteiger partial charge < -0.3 is 10.4 Å². The fraction of sp³-hybridized carbons (Fsp3) is 0.632. The Hall–Kier alpha value is -1.06. The molecule has 0 unspecified atom stereocenters. The van der Waals surface area contributed by atoms with E-state index in [1.54, 1.807) is 24.3 Å². The Balaban J connectivity index is 0.00000156. The summed E-state index contributed by atoms with van der Waals surface area (Å²) in [5.41, 5.74) is 1.04. The monoisotopic (exact) mass is 335 g/mol. The van der Waals surface area contributed by atoms with Gasteiger partial charge in [-0.15, -0.1) is 12.4 Å². The van der Waals surface area contributed by atoms with Crippen LogP contribution in [0.5, 0.6) is 5.75 Å². The fourth-order valence-corrected chi connectivity index (χ4v) is 5.56. The first-order chi connectivity index (χ1) is 10.6. The van der Waals surface area contributed by atoms with Gasteiger partial charge in [0.25, 0.3) is 0 Å². The van der Waals surface area contributed by atoms with E-state index in [2.05, 4.69) is 5.32 Å². The summed E-state index contributed by atoms with van der Waals surface area (Å²) in [7, 11) is 0. The molecule has 4 aliphatic rings. The number of phenolic OH excluding ortho intramolecular Hbond substituents is 1. The number of ketones is 1. The lowest BCUT2D eigenvalue weighted by Gasteiger charge is -2.57. The van der Waals surface area contributed by atoms with Gasteiger partial charge in [-0.2, -0.15) is 0 Å². The quantitative estimate of drug-likeness (QED) is 0.801. The van der Waals surface area contributed by atoms with Crippen molar-refractivity contribution < 1.29 is 9.90 Å². The highest BCUT2D eigenvalue weighted by molar-refractivity contribution is 5.96. The van der Waals surface area contributed by atoms with Crippen LogP contribution >= 0.6 is 12.4 Å². The molecular weight excluding hydrogens is 310 g/mol. The second kappa shape index (κ2) is 6.45. The van der Waals surface area contributed by atoms with E-state index in [-0.39, 0.29) is 23.9 Å². The SMILES string of the molecule is Cl.O=C(CCNC12CC3CC(CC(C3)C1)C2)c1ccc(O)cc1. The molecule has 4 saturated carbocycles. The third-order valence-electron chi connectivity index (χ3n) is 6.08. The van der Waals surface area contributed by atoms with Crippen LogP contribution < -0.4 is 5.32 Å². The number of aromatic hydroxyl groups is 1. The second-order valence-corrected chi connectivity index (χ2v) is 7.84. The molecule has 0 saturated heterocycles. The van der Waals surface area contributed by atoms with Gasteiger partial charge in [0.1, 0.15) is 5.75 Å². The molecule has 126 valence electrons. The Kier molecular flexibility index (Phi) is 4.70. The van der Waals surface area contributed by atoms with Gasteiger partial charge in [0.15, 0.2) is 5.78 Å². The lowest BCUT2D eigenvalue weighted by atomic mass is 9.53. The highest BCUT2D eigenvalue weighted by Gasteiger charge is 2.50. The molecule has 1 aromatic carbocycles. The summed E-state index contributed by atoms with van der Waals surface area (Å²) in [4.78, 5) is 12.2. The van der Waals surface area contributed by atoms with Crippen LogP contribution in [-0.2, 0) is 0 Å². The Morgan fingerprint density at radius 2 is 1.57 bits per heavy atom. The molecule has 4 aliphatic carbocycles.